The fraction of sp³-hybridized carbons (Fsp3) is 0.231. The molecule has 6 heteroatoms. The van der Waals surface area contributed by atoms with E-state index in [0.29, 0.717) is 0 Å². The van der Waals surface area contributed by atoms with Crippen LogP contribution in [-0.2, 0) is 0 Å². The van der Waals surface area contributed by atoms with E-state index in [1.807, 2.05) is 0 Å². The smallest absolute Gasteiger partial charge is 0.159 e. The predicted octanol–water partition coefficient (Wildman–Crippen LogP) is 4.32. The maximum Gasteiger partial charge on any atom is 0.159 e. The minimum Gasteiger partial charge on any atom is -0.332 e. The van der Waals surface area contributed by atoms with E-state index in [-0.39, 0.29) is 17.7 Å². The molecule has 19 heavy (non-hydrogen) atoms. The Balaban J connectivity index is 2.13. The molecule has 0 spiro atoms. The fourth-order valence-electron chi connectivity index (χ4n) is 2.26. The minimum absolute atomic E-state index is 0.0141. The molecule has 1 N–H and O–H groups in total. The molecular formula is C13H9FN2S3. The molecule has 2 aromatic rings. The van der Waals surface area contributed by atoms with E-state index in [2.05, 4.69) is 11.1 Å². The highest BCUT2D eigenvalue weighted by molar-refractivity contribution is 7.99. The van der Waals surface area contributed by atoms with E-state index in [4.69, 9.17) is 12.2 Å². The van der Waals surface area contributed by atoms with Crippen molar-refractivity contribution in [3.8, 4) is 6.07 Å². The van der Waals surface area contributed by atoms with Crippen LogP contribution >= 0.6 is 35.3 Å². The highest BCUT2D eigenvalue weighted by atomic mass is 32.2. The minimum atomic E-state index is -0.260. The van der Waals surface area contributed by atoms with Gasteiger partial charge in [0.25, 0.3) is 0 Å². The fourth-order valence-corrected chi connectivity index (χ4v) is 5.04. The lowest BCUT2D eigenvalue weighted by atomic mass is 9.86. The highest BCUT2D eigenvalue weighted by Crippen LogP contribution is 2.46. The second kappa shape index (κ2) is 5.08. The summed E-state index contributed by atoms with van der Waals surface area (Å²) in [7, 11) is 0. The maximum absolute atomic E-state index is 13.0. The van der Waals surface area contributed by atoms with Gasteiger partial charge in [0.05, 0.1) is 17.0 Å². The van der Waals surface area contributed by atoms with Crippen molar-refractivity contribution >= 4 is 35.3 Å². The van der Waals surface area contributed by atoms with Crippen molar-refractivity contribution in [1.82, 2.24) is 4.98 Å². The van der Waals surface area contributed by atoms with Gasteiger partial charge in [-0.05, 0) is 29.9 Å². The van der Waals surface area contributed by atoms with Crippen molar-refractivity contribution in [2.45, 2.75) is 10.9 Å². The zero-order chi connectivity index (χ0) is 13.4. The SMILES string of the molecule is N#CC1CSc2[nH]c(=S)sc2C1c1ccc(F)cc1. The number of hydrogen-bond donors (Lipinski definition) is 1. The van der Waals surface area contributed by atoms with Crippen LogP contribution in [0.25, 0.3) is 0 Å². The van der Waals surface area contributed by atoms with Crippen molar-refractivity contribution in [3.05, 3.63) is 44.5 Å². The summed E-state index contributed by atoms with van der Waals surface area (Å²) in [6.07, 6.45) is 0. The molecule has 2 nitrogen and oxygen atoms in total. The van der Waals surface area contributed by atoms with E-state index in [1.54, 1.807) is 23.9 Å². The Kier molecular flexibility index (Phi) is 3.44. The number of nitrogens with one attached hydrogen (secondary N) is 1. The van der Waals surface area contributed by atoms with E-state index >= 15 is 0 Å². The lowest BCUT2D eigenvalue weighted by Crippen LogP contribution is -2.18. The van der Waals surface area contributed by atoms with Gasteiger partial charge < -0.3 is 4.98 Å². The van der Waals surface area contributed by atoms with Crippen LogP contribution in [0.1, 0.15) is 16.4 Å². The molecular weight excluding hydrogens is 299 g/mol. The predicted molar refractivity (Wildman–Crippen MR) is 77.6 cm³/mol. The molecule has 1 aliphatic heterocycles. The Hall–Kier alpha value is -1.16. The number of hydrogen-bond acceptors (Lipinski definition) is 4. The Morgan fingerprint density at radius 2 is 2.11 bits per heavy atom. The summed E-state index contributed by atoms with van der Waals surface area (Å²) in [4.78, 5) is 4.26. The van der Waals surface area contributed by atoms with Crippen LogP contribution in [0.4, 0.5) is 4.39 Å². The lowest BCUT2D eigenvalue weighted by Gasteiger charge is -2.26. The second-order valence-electron chi connectivity index (χ2n) is 4.28. The molecule has 0 aliphatic carbocycles. The van der Waals surface area contributed by atoms with Crippen molar-refractivity contribution < 1.29 is 4.39 Å². The Bertz CT molecular complexity index is 696. The number of thioether (sulfide) groups is 1. The normalized spacial score (nSPS) is 21.7. The number of nitriles is 1. The van der Waals surface area contributed by atoms with Gasteiger partial charge in [-0.15, -0.1) is 23.1 Å². The van der Waals surface area contributed by atoms with Crippen LogP contribution < -0.4 is 0 Å². The molecule has 1 aromatic carbocycles. The first-order valence-corrected chi connectivity index (χ1v) is 7.91. The Morgan fingerprint density at radius 3 is 2.79 bits per heavy atom. The first-order chi connectivity index (χ1) is 9.19. The number of thiazole rings is 1. The third-order valence-corrected chi connectivity index (χ3v) is 5.71. The molecule has 0 fully saturated rings. The topological polar surface area (TPSA) is 39.6 Å². The summed E-state index contributed by atoms with van der Waals surface area (Å²) >= 11 is 8.33. The quantitative estimate of drug-likeness (QED) is 0.797. The number of nitrogens with zero attached hydrogens (tertiary/aromatic N) is 1. The van der Waals surface area contributed by atoms with Gasteiger partial charge >= 0.3 is 0 Å². The van der Waals surface area contributed by atoms with Gasteiger partial charge in [0.1, 0.15) is 5.82 Å². The van der Waals surface area contributed by atoms with Crippen molar-refractivity contribution in [1.29, 1.82) is 5.26 Å². The first kappa shape index (κ1) is 12.9. The van der Waals surface area contributed by atoms with Gasteiger partial charge in [0.15, 0.2) is 3.95 Å². The molecule has 0 bridgehead atoms. The van der Waals surface area contributed by atoms with Gasteiger partial charge in [-0.3, -0.25) is 0 Å². The Morgan fingerprint density at radius 1 is 1.37 bits per heavy atom. The number of benzene rings is 1. The van der Waals surface area contributed by atoms with E-state index in [1.165, 1.54) is 23.5 Å². The molecule has 2 heterocycles. The summed E-state index contributed by atoms with van der Waals surface area (Å²) in [5.41, 5.74) is 0.972. The number of aromatic nitrogens is 1. The van der Waals surface area contributed by atoms with E-state index < -0.39 is 0 Å². The average Bonchev–Trinajstić information content (AvgIpc) is 2.79. The third-order valence-electron chi connectivity index (χ3n) is 3.13. The summed E-state index contributed by atoms with van der Waals surface area (Å²) in [5.74, 6) is 0.349. The molecule has 2 atom stereocenters. The molecule has 0 amide bonds. The van der Waals surface area contributed by atoms with Crippen LogP contribution in [-0.4, -0.2) is 10.7 Å². The second-order valence-corrected chi connectivity index (χ2v) is 7.03. The molecule has 0 radical (unpaired) electrons. The molecule has 3 rings (SSSR count). The monoisotopic (exact) mass is 308 g/mol. The van der Waals surface area contributed by atoms with Crippen molar-refractivity contribution in [3.63, 3.8) is 0 Å². The van der Waals surface area contributed by atoms with Gasteiger partial charge in [-0.25, -0.2) is 4.39 Å². The molecule has 2 unspecified atom stereocenters. The zero-order valence-electron chi connectivity index (χ0n) is 9.72. The first-order valence-electron chi connectivity index (χ1n) is 5.70. The largest absolute Gasteiger partial charge is 0.332 e. The standard InChI is InChI=1S/C13H9FN2S3/c14-9-3-1-7(2-4-9)10-8(5-15)6-18-12-11(10)19-13(17)16-12/h1-4,8,10H,6H2,(H,16,17). The van der Waals surface area contributed by atoms with Crippen LogP contribution in [0.2, 0.25) is 0 Å². The summed E-state index contributed by atoms with van der Waals surface area (Å²) in [6, 6.07) is 8.76. The van der Waals surface area contributed by atoms with Crippen molar-refractivity contribution in [2.75, 3.05) is 5.75 Å². The number of aromatic amines is 1. The van der Waals surface area contributed by atoms with Gasteiger partial charge in [0, 0.05) is 16.5 Å². The third kappa shape index (κ3) is 2.34. The molecule has 0 saturated heterocycles. The number of H-pyrrole nitrogens is 1. The summed E-state index contributed by atoms with van der Waals surface area (Å²) in [6.45, 7) is 0. The number of halogens is 1. The van der Waals surface area contributed by atoms with Crippen LogP contribution in [0, 0.1) is 27.0 Å². The van der Waals surface area contributed by atoms with Crippen LogP contribution in [0.3, 0.4) is 0 Å². The number of rotatable bonds is 1. The van der Waals surface area contributed by atoms with E-state index in [9.17, 15) is 9.65 Å². The Labute approximate surface area is 123 Å². The molecule has 0 saturated carbocycles. The van der Waals surface area contributed by atoms with E-state index in [0.717, 1.165) is 25.2 Å². The van der Waals surface area contributed by atoms with Crippen LogP contribution in [0.5, 0.6) is 0 Å². The maximum atomic E-state index is 13.0. The van der Waals surface area contributed by atoms with Gasteiger partial charge in [0.2, 0.25) is 0 Å². The zero-order valence-corrected chi connectivity index (χ0v) is 12.2. The highest BCUT2D eigenvalue weighted by Gasteiger charge is 2.33. The summed E-state index contributed by atoms with van der Waals surface area (Å²) < 4.78 is 13.8. The average molecular weight is 308 g/mol. The van der Waals surface area contributed by atoms with Gasteiger partial charge in [-0.1, -0.05) is 12.1 Å². The van der Waals surface area contributed by atoms with Gasteiger partial charge in [-0.2, -0.15) is 5.26 Å². The van der Waals surface area contributed by atoms with Crippen LogP contribution in [0.15, 0.2) is 29.3 Å². The summed E-state index contributed by atoms with van der Waals surface area (Å²) in [5, 5.41) is 10.4. The molecule has 1 aromatic heterocycles. The number of fused-ring (bicyclic) bond motifs is 1. The van der Waals surface area contributed by atoms with Crippen molar-refractivity contribution in [2.24, 2.45) is 5.92 Å². The molecule has 96 valence electrons. The lowest BCUT2D eigenvalue weighted by molar-refractivity contribution is 0.614. The molecule has 1 aliphatic rings.